The van der Waals surface area contributed by atoms with Crippen molar-refractivity contribution in [3.8, 4) is 34.3 Å². The number of benzene rings is 2. The van der Waals surface area contributed by atoms with Crippen molar-refractivity contribution in [1.29, 1.82) is 0 Å². The largest absolute Gasteiger partial charge is 0.508 e. The van der Waals surface area contributed by atoms with E-state index in [0.29, 0.717) is 0 Å². The number of aliphatic hydroxyl groups excluding tert-OH is 5. The highest BCUT2D eigenvalue weighted by atomic mass is 16.8. The van der Waals surface area contributed by atoms with E-state index in [4.69, 9.17) is 28.1 Å². The third-order valence-corrected chi connectivity index (χ3v) is 7.04. The molecule has 2 fully saturated rings. The SMILES string of the molecule is COc1cc(O)c2c(=O)c(OC3OCC(O)C(O)C3OC3OC(C)C(O)C(O)C3O)c(-c3ccc(O)cc3)oc2c1. The second kappa shape index (κ2) is 11.4. The molecule has 3 aromatic rings. The average molecular weight is 579 g/mol. The first kappa shape index (κ1) is 29.0. The highest BCUT2D eigenvalue weighted by molar-refractivity contribution is 5.88. The summed E-state index contributed by atoms with van der Waals surface area (Å²) in [4.78, 5) is 13.7. The quantitative estimate of drug-likeness (QED) is 0.197. The number of phenolic OH excluding ortho intramolecular Hbond substituents is 2. The Morgan fingerprint density at radius 2 is 1.61 bits per heavy atom. The normalized spacial score (nSPS) is 32.1. The Morgan fingerprint density at radius 3 is 2.29 bits per heavy atom. The molecule has 0 spiro atoms. The summed E-state index contributed by atoms with van der Waals surface area (Å²) in [5, 5.41) is 71.7. The van der Waals surface area contributed by atoms with Crippen molar-refractivity contribution in [2.24, 2.45) is 0 Å². The Labute approximate surface area is 232 Å². The molecule has 3 heterocycles. The Bertz CT molecular complexity index is 1440. The summed E-state index contributed by atoms with van der Waals surface area (Å²) in [5.41, 5.74) is -0.598. The number of aliphatic hydroxyl groups is 5. The number of hydrogen-bond donors (Lipinski definition) is 7. The van der Waals surface area contributed by atoms with E-state index in [1.54, 1.807) is 0 Å². The number of hydrogen-bond acceptors (Lipinski definition) is 14. The van der Waals surface area contributed by atoms with E-state index in [0.717, 1.165) is 0 Å². The van der Waals surface area contributed by atoms with Gasteiger partial charge in [-0.1, -0.05) is 0 Å². The summed E-state index contributed by atoms with van der Waals surface area (Å²) in [6.07, 6.45) is -13.7. The van der Waals surface area contributed by atoms with Crippen LogP contribution in [-0.2, 0) is 14.2 Å². The summed E-state index contributed by atoms with van der Waals surface area (Å²) in [6, 6.07) is 8.17. The molecule has 222 valence electrons. The number of fused-ring (bicyclic) bond motifs is 1. The maximum absolute atomic E-state index is 13.7. The number of ether oxygens (including phenoxy) is 5. The zero-order valence-electron chi connectivity index (χ0n) is 21.9. The lowest BCUT2D eigenvalue weighted by atomic mass is 9.99. The van der Waals surface area contributed by atoms with Crippen molar-refractivity contribution >= 4 is 11.0 Å². The first-order valence-corrected chi connectivity index (χ1v) is 12.7. The Balaban J connectivity index is 1.57. The second-order valence-corrected chi connectivity index (χ2v) is 9.82. The molecule has 2 aliphatic heterocycles. The Kier molecular flexibility index (Phi) is 8.09. The van der Waals surface area contributed by atoms with E-state index in [1.807, 2.05) is 0 Å². The maximum Gasteiger partial charge on any atom is 0.239 e. The van der Waals surface area contributed by atoms with E-state index in [9.17, 15) is 40.5 Å². The van der Waals surface area contributed by atoms with E-state index < -0.39 is 78.8 Å². The Hall–Kier alpha value is -3.47. The molecule has 9 unspecified atom stereocenters. The molecule has 2 aliphatic rings. The first-order valence-electron chi connectivity index (χ1n) is 12.7. The fraction of sp³-hybridized carbons (Fsp3) is 0.444. The van der Waals surface area contributed by atoms with Crippen molar-refractivity contribution in [1.82, 2.24) is 0 Å². The molecule has 5 rings (SSSR count). The predicted molar refractivity (Wildman–Crippen MR) is 137 cm³/mol. The summed E-state index contributed by atoms with van der Waals surface area (Å²) in [5.74, 6) is -0.938. The molecule has 2 aromatic carbocycles. The lowest BCUT2D eigenvalue weighted by Gasteiger charge is -2.43. The van der Waals surface area contributed by atoms with Crippen LogP contribution in [0.15, 0.2) is 45.6 Å². The van der Waals surface area contributed by atoms with Gasteiger partial charge in [0.1, 0.15) is 58.7 Å². The van der Waals surface area contributed by atoms with Gasteiger partial charge in [0, 0.05) is 17.7 Å². The van der Waals surface area contributed by atoms with Crippen LogP contribution in [0.1, 0.15) is 6.92 Å². The van der Waals surface area contributed by atoms with Gasteiger partial charge in [-0.15, -0.1) is 0 Å². The van der Waals surface area contributed by atoms with Crippen LogP contribution in [0, 0.1) is 0 Å². The predicted octanol–water partition coefficient (Wildman–Crippen LogP) is -0.451. The zero-order chi connectivity index (χ0) is 29.6. The van der Waals surface area contributed by atoms with E-state index in [2.05, 4.69) is 0 Å². The minimum Gasteiger partial charge on any atom is -0.508 e. The summed E-state index contributed by atoms with van der Waals surface area (Å²) in [7, 11) is 1.37. The lowest BCUT2D eigenvalue weighted by Crippen LogP contribution is -2.62. The van der Waals surface area contributed by atoms with Crippen LogP contribution < -0.4 is 14.9 Å². The van der Waals surface area contributed by atoms with Crippen LogP contribution in [0.3, 0.4) is 0 Å². The van der Waals surface area contributed by atoms with Gasteiger partial charge in [-0.2, -0.15) is 0 Å². The molecule has 0 aliphatic carbocycles. The van der Waals surface area contributed by atoms with Crippen LogP contribution in [0.2, 0.25) is 0 Å². The molecule has 7 N–H and O–H groups in total. The number of phenols is 2. The van der Waals surface area contributed by atoms with Gasteiger partial charge in [-0.05, 0) is 31.2 Å². The molecule has 9 atom stereocenters. The molecular formula is C27H30O14. The lowest BCUT2D eigenvalue weighted by molar-refractivity contribution is -0.344. The van der Waals surface area contributed by atoms with Crippen molar-refractivity contribution in [3.63, 3.8) is 0 Å². The van der Waals surface area contributed by atoms with Crippen LogP contribution in [-0.4, -0.2) is 105 Å². The summed E-state index contributed by atoms with van der Waals surface area (Å²) < 4.78 is 33.8. The third-order valence-electron chi connectivity index (χ3n) is 7.04. The minimum absolute atomic E-state index is 0.0460. The van der Waals surface area contributed by atoms with Crippen molar-refractivity contribution < 1.29 is 63.8 Å². The van der Waals surface area contributed by atoms with Crippen LogP contribution in [0.25, 0.3) is 22.3 Å². The molecule has 0 saturated carbocycles. The first-order chi connectivity index (χ1) is 19.5. The van der Waals surface area contributed by atoms with Gasteiger partial charge in [0.25, 0.3) is 0 Å². The molecule has 0 amide bonds. The van der Waals surface area contributed by atoms with Gasteiger partial charge in [0.2, 0.25) is 17.5 Å². The van der Waals surface area contributed by atoms with Gasteiger partial charge >= 0.3 is 0 Å². The van der Waals surface area contributed by atoms with Gasteiger partial charge in [-0.3, -0.25) is 4.79 Å². The number of aromatic hydroxyl groups is 2. The average Bonchev–Trinajstić information content (AvgIpc) is 2.95. The van der Waals surface area contributed by atoms with Gasteiger partial charge in [0.15, 0.2) is 18.2 Å². The number of rotatable bonds is 6. The third kappa shape index (κ3) is 5.43. The molecule has 0 radical (unpaired) electrons. The minimum atomic E-state index is -1.75. The molecule has 14 nitrogen and oxygen atoms in total. The molecule has 14 heteroatoms. The number of methoxy groups -OCH3 is 1. The van der Waals surface area contributed by atoms with Crippen molar-refractivity contribution in [2.45, 2.75) is 62.2 Å². The highest BCUT2D eigenvalue weighted by Gasteiger charge is 2.48. The summed E-state index contributed by atoms with van der Waals surface area (Å²) in [6.45, 7) is 0.992. The highest BCUT2D eigenvalue weighted by Crippen LogP contribution is 2.38. The van der Waals surface area contributed by atoms with E-state index >= 15 is 0 Å². The maximum atomic E-state index is 13.7. The van der Waals surface area contributed by atoms with E-state index in [1.165, 1.54) is 50.4 Å². The van der Waals surface area contributed by atoms with Gasteiger partial charge in [0.05, 0.1) is 19.8 Å². The second-order valence-electron chi connectivity index (χ2n) is 9.82. The van der Waals surface area contributed by atoms with E-state index in [-0.39, 0.29) is 33.8 Å². The van der Waals surface area contributed by atoms with Crippen molar-refractivity contribution in [3.05, 3.63) is 46.6 Å². The van der Waals surface area contributed by atoms with Crippen LogP contribution in [0.4, 0.5) is 0 Å². The molecule has 1 aromatic heterocycles. The topological polar surface area (TPSA) is 218 Å². The van der Waals surface area contributed by atoms with Crippen LogP contribution in [0.5, 0.6) is 23.0 Å². The standard InChI is InChI=1S/C27H30O14/c1-10-18(31)21(34)22(35)26(38-10)41-25-19(32)15(30)9-37-27(25)40-24-20(33)17-14(29)7-13(36-2)8-16(17)39-23(24)11-3-5-12(28)6-4-11/h3-8,10,15,18-19,21-22,25-32,34-35H,9H2,1-2H3. The molecule has 0 bridgehead atoms. The smallest absolute Gasteiger partial charge is 0.239 e. The molecular weight excluding hydrogens is 548 g/mol. The molecule has 2 saturated heterocycles. The van der Waals surface area contributed by atoms with Gasteiger partial charge < -0.3 is 63.8 Å². The van der Waals surface area contributed by atoms with Crippen LogP contribution >= 0.6 is 0 Å². The van der Waals surface area contributed by atoms with Crippen molar-refractivity contribution in [2.75, 3.05) is 13.7 Å². The van der Waals surface area contributed by atoms with Gasteiger partial charge in [-0.25, -0.2) is 0 Å². The fourth-order valence-electron chi connectivity index (χ4n) is 4.69. The monoisotopic (exact) mass is 578 g/mol. The summed E-state index contributed by atoms with van der Waals surface area (Å²) >= 11 is 0. The zero-order valence-corrected chi connectivity index (χ0v) is 21.9. The Morgan fingerprint density at radius 1 is 0.902 bits per heavy atom. The molecule has 41 heavy (non-hydrogen) atoms. The fourth-order valence-corrected chi connectivity index (χ4v) is 4.69.